The Hall–Kier alpha value is -1.80. The standard InChI is InChI=1S/C10H12N2O5S/c1-2-8(13)5-7-3-4-9(18(11,16)17)6-10(7)12(14)15/h3-4,6H,2,5H2,1H3,(H2,11,16,17). The molecule has 0 saturated heterocycles. The first-order chi connectivity index (χ1) is 8.25. The lowest BCUT2D eigenvalue weighted by Crippen LogP contribution is -2.13. The summed E-state index contributed by atoms with van der Waals surface area (Å²) in [4.78, 5) is 21.0. The van der Waals surface area contributed by atoms with Gasteiger partial charge >= 0.3 is 0 Å². The number of nitrogens with zero attached hydrogens (tertiary/aromatic N) is 1. The Morgan fingerprint density at radius 3 is 2.50 bits per heavy atom. The molecule has 0 saturated carbocycles. The Balaban J connectivity index is 3.30. The molecule has 0 radical (unpaired) electrons. The molecule has 18 heavy (non-hydrogen) atoms. The number of hydrogen-bond donors (Lipinski definition) is 1. The number of nitro groups is 1. The molecule has 0 unspecified atom stereocenters. The van der Waals surface area contributed by atoms with Crippen molar-refractivity contribution in [2.45, 2.75) is 24.7 Å². The van der Waals surface area contributed by atoms with Crippen LogP contribution in [0.1, 0.15) is 18.9 Å². The van der Waals surface area contributed by atoms with Crippen LogP contribution in [-0.2, 0) is 21.2 Å². The van der Waals surface area contributed by atoms with Gasteiger partial charge in [0.05, 0.1) is 9.82 Å². The van der Waals surface area contributed by atoms with Crippen molar-refractivity contribution in [2.75, 3.05) is 0 Å². The van der Waals surface area contributed by atoms with Gasteiger partial charge in [0.25, 0.3) is 5.69 Å². The Morgan fingerprint density at radius 1 is 1.44 bits per heavy atom. The summed E-state index contributed by atoms with van der Waals surface area (Å²) in [6.45, 7) is 1.65. The second kappa shape index (κ2) is 5.23. The molecule has 1 rings (SSSR count). The van der Waals surface area contributed by atoms with E-state index in [0.29, 0.717) is 0 Å². The van der Waals surface area contributed by atoms with Crippen LogP contribution in [-0.4, -0.2) is 19.1 Å². The van der Waals surface area contributed by atoms with E-state index in [1.54, 1.807) is 6.92 Å². The number of benzene rings is 1. The first-order valence-corrected chi connectivity index (χ1v) is 6.62. The molecule has 1 aromatic carbocycles. The average Bonchev–Trinajstić information content (AvgIpc) is 2.27. The highest BCUT2D eigenvalue weighted by atomic mass is 32.2. The molecule has 0 fully saturated rings. The number of ketones is 1. The third kappa shape index (κ3) is 3.34. The van der Waals surface area contributed by atoms with E-state index in [9.17, 15) is 23.3 Å². The fraction of sp³-hybridized carbons (Fsp3) is 0.300. The van der Waals surface area contributed by atoms with Crippen LogP contribution in [0.3, 0.4) is 0 Å². The van der Waals surface area contributed by atoms with E-state index >= 15 is 0 Å². The lowest BCUT2D eigenvalue weighted by atomic mass is 10.1. The van der Waals surface area contributed by atoms with Crippen molar-refractivity contribution in [1.29, 1.82) is 0 Å². The van der Waals surface area contributed by atoms with Gasteiger partial charge in [0.1, 0.15) is 5.78 Å². The number of nitrogens with two attached hydrogens (primary N) is 1. The molecule has 7 nitrogen and oxygen atoms in total. The number of sulfonamides is 1. The molecule has 0 bridgehead atoms. The van der Waals surface area contributed by atoms with Crippen molar-refractivity contribution < 1.29 is 18.1 Å². The zero-order valence-corrected chi connectivity index (χ0v) is 10.4. The van der Waals surface area contributed by atoms with Gasteiger partial charge in [-0.3, -0.25) is 14.9 Å². The molecule has 0 heterocycles. The summed E-state index contributed by atoms with van der Waals surface area (Å²) in [5.74, 6) is -0.165. The highest BCUT2D eigenvalue weighted by Crippen LogP contribution is 2.23. The average molecular weight is 272 g/mol. The quantitative estimate of drug-likeness (QED) is 0.626. The Kier molecular flexibility index (Phi) is 4.15. The fourth-order valence-corrected chi connectivity index (χ4v) is 1.91. The molecule has 0 aromatic heterocycles. The van der Waals surface area contributed by atoms with Crippen molar-refractivity contribution in [3.63, 3.8) is 0 Å². The molecule has 0 aliphatic rings. The van der Waals surface area contributed by atoms with E-state index in [2.05, 4.69) is 0 Å². The van der Waals surface area contributed by atoms with Crippen LogP contribution < -0.4 is 5.14 Å². The summed E-state index contributed by atoms with van der Waals surface area (Å²) in [5, 5.41) is 15.7. The molecule has 2 N–H and O–H groups in total. The van der Waals surface area contributed by atoms with Gasteiger partial charge in [0.2, 0.25) is 10.0 Å². The molecule has 1 aromatic rings. The summed E-state index contributed by atoms with van der Waals surface area (Å²) in [5.41, 5.74) is -0.234. The van der Waals surface area contributed by atoms with Crippen molar-refractivity contribution >= 4 is 21.5 Å². The lowest BCUT2D eigenvalue weighted by Gasteiger charge is -2.04. The van der Waals surface area contributed by atoms with Gasteiger partial charge in [0, 0.05) is 24.5 Å². The molecular weight excluding hydrogens is 260 g/mol. The van der Waals surface area contributed by atoms with Crippen molar-refractivity contribution in [2.24, 2.45) is 5.14 Å². The van der Waals surface area contributed by atoms with Crippen LogP contribution in [0.4, 0.5) is 5.69 Å². The van der Waals surface area contributed by atoms with E-state index < -0.39 is 20.6 Å². The van der Waals surface area contributed by atoms with Crippen LogP contribution in [0.15, 0.2) is 23.1 Å². The van der Waals surface area contributed by atoms with Gasteiger partial charge in [-0.05, 0) is 6.07 Å². The number of carbonyl (C=O) groups excluding carboxylic acids is 1. The van der Waals surface area contributed by atoms with Gasteiger partial charge in [-0.1, -0.05) is 13.0 Å². The molecule has 0 aliphatic heterocycles. The summed E-state index contributed by atoms with van der Waals surface area (Å²) in [6, 6.07) is 3.26. The summed E-state index contributed by atoms with van der Waals surface area (Å²) in [7, 11) is -4.00. The highest BCUT2D eigenvalue weighted by molar-refractivity contribution is 7.89. The van der Waals surface area contributed by atoms with E-state index in [4.69, 9.17) is 5.14 Å². The largest absolute Gasteiger partial charge is 0.299 e. The maximum Gasteiger partial charge on any atom is 0.274 e. The maximum absolute atomic E-state index is 11.3. The minimum absolute atomic E-state index is 0.0995. The van der Waals surface area contributed by atoms with Crippen LogP contribution in [0.5, 0.6) is 0 Å². The Labute approximate surface area is 104 Å². The second-order valence-corrected chi connectivity index (χ2v) is 5.22. The van der Waals surface area contributed by atoms with E-state index in [1.807, 2.05) is 0 Å². The van der Waals surface area contributed by atoms with Crippen LogP contribution in [0, 0.1) is 10.1 Å². The van der Waals surface area contributed by atoms with Crippen molar-refractivity contribution in [3.8, 4) is 0 Å². The van der Waals surface area contributed by atoms with Gasteiger partial charge in [-0.15, -0.1) is 0 Å². The number of hydrogen-bond acceptors (Lipinski definition) is 5. The van der Waals surface area contributed by atoms with Gasteiger partial charge in [0.15, 0.2) is 0 Å². The van der Waals surface area contributed by atoms with Gasteiger partial charge in [-0.25, -0.2) is 13.6 Å². The Bertz CT molecular complexity index is 594. The predicted molar refractivity (Wildman–Crippen MR) is 63.5 cm³/mol. The molecular formula is C10H12N2O5S. The number of primary sulfonamides is 1. The van der Waals surface area contributed by atoms with Gasteiger partial charge in [-0.2, -0.15) is 0 Å². The molecule has 8 heteroatoms. The third-order valence-corrected chi connectivity index (χ3v) is 3.27. The molecule has 0 atom stereocenters. The molecule has 0 spiro atoms. The summed E-state index contributed by atoms with van der Waals surface area (Å²) >= 11 is 0. The fourth-order valence-electron chi connectivity index (χ4n) is 1.38. The van der Waals surface area contributed by atoms with E-state index in [-0.39, 0.29) is 29.1 Å². The Morgan fingerprint density at radius 2 is 2.06 bits per heavy atom. The monoisotopic (exact) mass is 272 g/mol. The first-order valence-electron chi connectivity index (χ1n) is 5.07. The topological polar surface area (TPSA) is 120 Å². The normalized spacial score (nSPS) is 11.2. The van der Waals surface area contributed by atoms with E-state index in [1.165, 1.54) is 6.07 Å². The smallest absolute Gasteiger partial charge is 0.274 e. The highest BCUT2D eigenvalue weighted by Gasteiger charge is 2.20. The third-order valence-electron chi connectivity index (χ3n) is 2.36. The number of nitro benzene ring substituents is 1. The van der Waals surface area contributed by atoms with Crippen molar-refractivity contribution in [3.05, 3.63) is 33.9 Å². The van der Waals surface area contributed by atoms with Crippen molar-refractivity contribution in [1.82, 2.24) is 0 Å². The molecule has 0 amide bonds. The predicted octanol–water partition coefficient (Wildman–Crippen LogP) is 0.764. The lowest BCUT2D eigenvalue weighted by molar-refractivity contribution is -0.385. The number of rotatable bonds is 5. The maximum atomic E-state index is 11.3. The number of carbonyl (C=O) groups is 1. The first kappa shape index (κ1) is 14.3. The summed E-state index contributed by atoms with van der Waals surface area (Å²) < 4.78 is 22.2. The minimum atomic E-state index is -4.00. The van der Waals surface area contributed by atoms with Crippen LogP contribution in [0.2, 0.25) is 0 Å². The van der Waals surface area contributed by atoms with E-state index in [0.717, 1.165) is 12.1 Å². The molecule has 98 valence electrons. The van der Waals surface area contributed by atoms with Crippen LogP contribution >= 0.6 is 0 Å². The van der Waals surface area contributed by atoms with Gasteiger partial charge < -0.3 is 0 Å². The van der Waals surface area contributed by atoms with Crippen LogP contribution in [0.25, 0.3) is 0 Å². The number of Topliss-reactive ketones (excluding diaryl/α,β-unsaturated/α-hetero) is 1. The second-order valence-electron chi connectivity index (χ2n) is 3.66. The SMILES string of the molecule is CCC(=O)Cc1ccc(S(N)(=O)=O)cc1[N+](=O)[O-]. The zero-order valence-electron chi connectivity index (χ0n) is 9.62. The molecule has 0 aliphatic carbocycles. The minimum Gasteiger partial charge on any atom is -0.299 e. The summed E-state index contributed by atoms with van der Waals surface area (Å²) in [6.07, 6.45) is 0.159. The zero-order chi connectivity index (χ0) is 13.9.